The van der Waals surface area contributed by atoms with Gasteiger partial charge < -0.3 is 4.74 Å². The molecule has 1 saturated heterocycles. The van der Waals surface area contributed by atoms with Gasteiger partial charge in [0.25, 0.3) is 0 Å². The molecule has 17 heavy (non-hydrogen) atoms. The molecule has 0 N–H and O–H groups in total. The molecular formula is C14H26O2S. The molecule has 1 rings (SSSR count). The molecule has 1 heterocycles. The minimum absolute atomic E-state index is 0.000910. The third kappa shape index (κ3) is 4.53. The Labute approximate surface area is 110 Å². The topological polar surface area (TPSA) is 26.3 Å². The smallest absolute Gasteiger partial charge is 0.319 e. The number of hydrogen-bond donors (Lipinski definition) is 0. The molecule has 0 saturated carbocycles. The Hall–Kier alpha value is -0.180. The second-order valence-electron chi connectivity index (χ2n) is 5.05. The molecule has 0 unspecified atom stereocenters. The molecule has 3 atom stereocenters. The number of ether oxygens (including phenoxy) is 1. The summed E-state index contributed by atoms with van der Waals surface area (Å²) in [5, 5.41) is 0.0695. The van der Waals surface area contributed by atoms with Crippen molar-refractivity contribution in [2.75, 3.05) is 6.26 Å². The van der Waals surface area contributed by atoms with Gasteiger partial charge in [0, 0.05) is 5.92 Å². The first-order valence-corrected chi connectivity index (χ1v) is 8.22. The number of carbonyl (C=O) groups excluding carboxylic acids is 1. The fourth-order valence-electron chi connectivity index (χ4n) is 2.49. The van der Waals surface area contributed by atoms with E-state index in [1.165, 1.54) is 38.5 Å². The Kier molecular flexibility index (Phi) is 7.02. The van der Waals surface area contributed by atoms with Crippen molar-refractivity contribution >= 4 is 17.7 Å². The van der Waals surface area contributed by atoms with Gasteiger partial charge in [-0.15, -0.1) is 11.8 Å². The highest BCUT2D eigenvalue weighted by molar-refractivity contribution is 7.99. The molecule has 0 aromatic carbocycles. The van der Waals surface area contributed by atoms with E-state index in [1.807, 2.05) is 6.26 Å². The van der Waals surface area contributed by atoms with Crippen LogP contribution in [-0.2, 0) is 9.53 Å². The highest BCUT2D eigenvalue weighted by atomic mass is 32.2. The van der Waals surface area contributed by atoms with Crippen LogP contribution in [0.25, 0.3) is 0 Å². The first-order chi connectivity index (χ1) is 8.20. The fourth-order valence-corrected chi connectivity index (χ4v) is 3.34. The predicted molar refractivity (Wildman–Crippen MR) is 74.3 cm³/mol. The van der Waals surface area contributed by atoms with Crippen molar-refractivity contribution in [1.82, 2.24) is 0 Å². The Balaban J connectivity index is 2.14. The molecule has 0 spiro atoms. The lowest BCUT2D eigenvalue weighted by atomic mass is 9.98. The predicted octanol–water partition coefficient (Wildman–Crippen LogP) is 4.03. The molecule has 1 fully saturated rings. The largest absolute Gasteiger partial charge is 0.461 e. The second kappa shape index (κ2) is 8.02. The van der Waals surface area contributed by atoms with Crippen LogP contribution in [0, 0.1) is 5.92 Å². The van der Waals surface area contributed by atoms with Crippen LogP contribution in [0.4, 0.5) is 0 Å². The van der Waals surface area contributed by atoms with Gasteiger partial charge in [-0.2, -0.15) is 0 Å². The normalized spacial score (nSPS) is 28.4. The summed E-state index contributed by atoms with van der Waals surface area (Å²) in [6, 6.07) is 0. The summed E-state index contributed by atoms with van der Waals surface area (Å²) in [6.45, 7) is 4.38. The van der Waals surface area contributed by atoms with Crippen molar-refractivity contribution in [3.05, 3.63) is 0 Å². The van der Waals surface area contributed by atoms with E-state index in [-0.39, 0.29) is 17.3 Å². The Bertz CT molecular complexity index is 230. The quantitative estimate of drug-likeness (QED) is 0.486. The summed E-state index contributed by atoms with van der Waals surface area (Å²) >= 11 is 1.63. The summed E-state index contributed by atoms with van der Waals surface area (Å²) in [6.07, 6.45) is 11.0. The lowest BCUT2D eigenvalue weighted by Crippen LogP contribution is -2.19. The van der Waals surface area contributed by atoms with Gasteiger partial charge in [0.05, 0.1) is 0 Å². The average Bonchev–Trinajstić information content (AvgIpc) is 2.58. The van der Waals surface area contributed by atoms with Crippen molar-refractivity contribution in [2.24, 2.45) is 5.92 Å². The highest BCUT2D eigenvalue weighted by Crippen LogP contribution is 2.33. The molecule has 100 valence electrons. The Morgan fingerprint density at radius 2 is 1.82 bits per heavy atom. The number of thioether (sulfide) groups is 1. The SMILES string of the molecule is CCCCCCCC[C@H]1OC(=O)[C@@H](SC)[C@@H]1C. The van der Waals surface area contributed by atoms with Crippen LogP contribution in [0.3, 0.4) is 0 Å². The van der Waals surface area contributed by atoms with Gasteiger partial charge in [-0.1, -0.05) is 46.0 Å². The van der Waals surface area contributed by atoms with E-state index in [1.54, 1.807) is 11.8 Å². The fraction of sp³-hybridized carbons (Fsp3) is 0.929. The Morgan fingerprint density at radius 1 is 1.18 bits per heavy atom. The van der Waals surface area contributed by atoms with E-state index in [9.17, 15) is 4.79 Å². The highest BCUT2D eigenvalue weighted by Gasteiger charge is 2.40. The molecule has 3 heteroatoms. The molecule has 0 aromatic heterocycles. The van der Waals surface area contributed by atoms with Crippen molar-refractivity contribution < 1.29 is 9.53 Å². The van der Waals surface area contributed by atoms with Crippen LogP contribution in [0.5, 0.6) is 0 Å². The van der Waals surface area contributed by atoms with Gasteiger partial charge >= 0.3 is 5.97 Å². The summed E-state index contributed by atoms with van der Waals surface area (Å²) in [5.41, 5.74) is 0. The lowest BCUT2D eigenvalue weighted by Gasteiger charge is -2.15. The van der Waals surface area contributed by atoms with Gasteiger partial charge in [-0.05, 0) is 19.1 Å². The van der Waals surface area contributed by atoms with Gasteiger partial charge in [0.2, 0.25) is 0 Å². The van der Waals surface area contributed by atoms with Crippen LogP contribution in [0.1, 0.15) is 58.8 Å². The van der Waals surface area contributed by atoms with E-state index in [4.69, 9.17) is 4.74 Å². The maximum absolute atomic E-state index is 11.6. The molecule has 0 amide bonds. The zero-order valence-electron chi connectivity index (χ0n) is 11.4. The van der Waals surface area contributed by atoms with Gasteiger partial charge in [0.1, 0.15) is 11.4 Å². The van der Waals surface area contributed by atoms with Gasteiger partial charge in [-0.3, -0.25) is 4.79 Å². The standard InChI is InChI=1S/C14H26O2S/c1-4-5-6-7-8-9-10-12-11(2)13(17-3)14(15)16-12/h11-13H,4-10H2,1-3H3/t11-,12-,13+/m1/s1. The molecule has 2 nitrogen and oxygen atoms in total. The van der Waals surface area contributed by atoms with Crippen LogP contribution < -0.4 is 0 Å². The zero-order chi connectivity index (χ0) is 12.7. The first kappa shape index (κ1) is 14.9. The zero-order valence-corrected chi connectivity index (χ0v) is 12.2. The third-order valence-electron chi connectivity index (χ3n) is 3.66. The molecule has 0 aromatic rings. The number of cyclic esters (lactones) is 1. The summed E-state index contributed by atoms with van der Waals surface area (Å²) < 4.78 is 5.45. The van der Waals surface area contributed by atoms with Gasteiger partial charge in [0.15, 0.2) is 0 Å². The van der Waals surface area contributed by atoms with Crippen LogP contribution >= 0.6 is 11.8 Å². The number of carbonyl (C=O) groups is 1. The summed E-state index contributed by atoms with van der Waals surface area (Å²) in [4.78, 5) is 11.6. The van der Waals surface area contributed by atoms with E-state index in [2.05, 4.69) is 13.8 Å². The average molecular weight is 258 g/mol. The molecule has 0 radical (unpaired) electrons. The second-order valence-corrected chi connectivity index (χ2v) is 6.03. The first-order valence-electron chi connectivity index (χ1n) is 6.94. The Morgan fingerprint density at radius 3 is 2.41 bits per heavy atom. The lowest BCUT2D eigenvalue weighted by molar-refractivity contribution is -0.141. The number of esters is 1. The van der Waals surface area contributed by atoms with Crippen LogP contribution in [0.15, 0.2) is 0 Å². The number of unbranched alkanes of at least 4 members (excludes halogenated alkanes) is 5. The van der Waals surface area contributed by atoms with Crippen molar-refractivity contribution in [1.29, 1.82) is 0 Å². The van der Waals surface area contributed by atoms with Crippen LogP contribution in [-0.4, -0.2) is 23.6 Å². The summed E-state index contributed by atoms with van der Waals surface area (Å²) in [5.74, 6) is 0.383. The van der Waals surface area contributed by atoms with Crippen molar-refractivity contribution in [3.8, 4) is 0 Å². The molecule has 1 aliphatic heterocycles. The van der Waals surface area contributed by atoms with Crippen LogP contribution in [0.2, 0.25) is 0 Å². The minimum atomic E-state index is 0.000910. The summed E-state index contributed by atoms with van der Waals surface area (Å²) in [7, 11) is 0. The minimum Gasteiger partial charge on any atom is -0.461 e. The van der Waals surface area contributed by atoms with E-state index in [0.29, 0.717) is 5.92 Å². The van der Waals surface area contributed by atoms with E-state index < -0.39 is 0 Å². The maximum atomic E-state index is 11.6. The third-order valence-corrected chi connectivity index (χ3v) is 4.79. The monoisotopic (exact) mass is 258 g/mol. The number of hydrogen-bond acceptors (Lipinski definition) is 3. The van der Waals surface area contributed by atoms with Gasteiger partial charge in [-0.25, -0.2) is 0 Å². The van der Waals surface area contributed by atoms with E-state index >= 15 is 0 Å². The maximum Gasteiger partial charge on any atom is 0.319 e. The molecule has 0 aliphatic carbocycles. The molecule has 1 aliphatic rings. The van der Waals surface area contributed by atoms with E-state index in [0.717, 1.165) is 6.42 Å². The molecular weight excluding hydrogens is 232 g/mol. The molecule has 0 bridgehead atoms. The van der Waals surface area contributed by atoms with Crippen molar-refractivity contribution in [2.45, 2.75) is 70.1 Å². The number of rotatable bonds is 8. The van der Waals surface area contributed by atoms with Crippen molar-refractivity contribution in [3.63, 3.8) is 0 Å².